The van der Waals surface area contributed by atoms with Crippen LogP contribution in [0.15, 0.2) is 54.6 Å². The van der Waals surface area contributed by atoms with Crippen LogP contribution in [-0.4, -0.2) is 34.8 Å². The van der Waals surface area contributed by atoms with Gasteiger partial charge in [0.25, 0.3) is 11.8 Å². The van der Waals surface area contributed by atoms with Gasteiger partial charge in [-0.15, -0.1) is 0 Å². The molecule has 0 atom stereocenters. The Morgan fingerprint density at radius 3 is 2.38 bits per heavy atom. The summed E-state index contributed by atoms with van der Waals surface area (Å²) in [5.41, 5.74) is 3.63. The summed E-state index contributed by atoms with van der Waals surface area (Å²) in [7, 11) is 0. The van der Waals surface area contributed by atoms with Crippen molar-refractivity contribution in [3.05, 3.63) is 71.4 Å². The Morgan fingerprint density at radius 1 is 1.00 bits per heavy atom. The zero-order valence-electron chi connectivity index (χ0n) is 16.8. The van der Waals surface area contributed by atoms with Crippen LogP contribution < -0.4 is 5.32 Å². The molecule has 2 amide bonds. The number of rotatable bonds is 4. The van der Waals surface area contributed by atoms with Crippen molar-refractivity contribution >= 4 is 28.4 Å². The van der Waals surface area contributed by atoms with Crippen molar-refractivity contribution in [2.45, 2.75) is 32.6 Å². The van der Waals surface area contributed by atoms with Crippen LogP contribution in [0.5, 0.6) is 0 Å². The maximum Gasteiger partial charge on any atom is 0.256 e. The first kappa shape index (κ1) is 19.1. The topological polar surface area (TPSA) is 62.3 Å². The van der Waals surface area contributed by atoms with Crippen LogP contribution in [0.2, 0.25) is 0 Å². The lowest BCUT2D eigenvalue weighted by atomic mass is 10.0. The molecule has 1 saturated heterocycles. The lowest BCUT2D eigenvalue weighted by Gasteiger charge is -2.15. The number of pyridine rings is 1. The Morgan fingerprint density at radius 2 is 1.69 bits per heavy atom. The van der Waals surface area contributed by atoms with Crippen molar-refractivity contribution < 1.29 is 9.59 Å². The van der Waals surface area contributed by atoms with E-state index in [4.69, 9.17) is 0 Å². The smallest absolute Gasteiger partial charge is 0.256 e. The fourth-order valence-corrected chi connectivity index (χ4v) is 3.68. The van der Waals surface area contributed by atoms with E-state index in [1.165, 1.54) is 0 Å². The van der Waals surface area contributed by atoms with Gasteiger partial charge in [-0.25, -0.2) is 0 Å². The van der Waals surface area contributed by atoms with Gasteiger partial charge >= 0.3 is 0 Å². The molecular weight excluding hydrogens is 362 g/mol. The van der Waals surface area contributed by atoms with E-state index < -0.39 is 0 Å². The van der Waals surface area contributed by atoms with Crippen molar-refractivity contribution in [3.63, 3.8) is 0 Å². The minimum atomic E-state index is -0.177. The van der Waals surface area contributed by atoms with Crippen LogP contribution in [0.1, 0.15) is 59.0 Å². The van der Waals surface area contributed by atoms with E-state index in [0.29, 0.717) is 16.8 Å². The Kier molecular flexibility index (Phi) is 5.30. The first-order valence-corrected chi connectivity index (χ1v) is 10.1. The number of carbonyl (C=O) groups excluding carboxylic acids is 2. The third-order valence-corrected chi connectivity index (χ3v) is 5.36. The molecular formula is C24H25N3O2. The second-order valence-electron chi connectivity index (χ2n) is 7.80. The zero-order valence-corrected chi connectivity index (χ0v) is 16.8. The lowest BCUT2D eigenvalue weighted by molar-refractivity contribution is 0.0792. The maximum absolute atomic E-state index is 13.0. The highest BCUT2D eigenvalue weighted by atomic mass is 16.2. The lowest BCUT2D eigenvalue weighted by Crippen LogP contribution is -2.27. The summed E-state index contributed by atoms with van der Waals surface area (Å²) in [5, 5.41) is 3.79. The first-order chi connectivity index (χ1) is 14.0. The summed E-state index contributed by atoms with van der Waals surface area (Å²) >= 11 is 0. The molecule has 5 nitrogen and oxygen atoms in total. The van der Waals surface area contributed by atoms with Crippen molar-refractivity contribution in [3.8, 4) is 0 Å². The van der Waals surface area contributed by atoms with Gasteiger partial charge < -0.3 is 10.2 Å². The fourth-order valence-electron chi connectivity index (χ4n) is 3.68. The molecule has 2 heterocycles. The van der Waals surface area contributed by atoms with E-state index in [9.17, 15) is 9.59 Å². The van der Waals surface area contributed by atoms with Crippen LogP contribution in [0, 0.1) is 0 Å². The van der Waals surface area contributed by atoms with E-state index in [0.717, 1.165) is 42.5 Å². The Labute approximate surface area is 170 Å². The number of amides is 2. The number of para-hydroxylation sites is 1. The van der Waals surface area contributed by atoms with Crippen LogP contribution in [0.25, 0.3) is 10.9 Å². The van der Waals surface area contributed by atoms with Crippen molar-refractivity contribution in [2.24, 2.45) is 0 Å². The first-order valence-electron chi connectivity index (χ1n) is 10.1. The monoisotopic (exact) mass is 387 g/mol. The third-order valence-electron chi connectivity index (χ3n) is 5.36. The van der Waals surface area contributed by atoms with Crippen molar-refractivity contribution in [2.75, 3.05) is 18.4 Å². The maximum atomic E-state index is 13.0. The summed E-state index contributed by atoms with van der Waals surface area (Å²) in [5.74, 6) is 0.105. The average Bonchev–Trinajstić information content (AvgIpc) is 3.27. The molecule has 5 heteroatoms. The van der Waals surface area contributed by atoms with E-state index >= 15 is 0 Å². The Hall–Kier alpha value is -3.21. The largest absolute Gasteiger partial charge is 0.339 e. The molecule has 148 valence electrons. The average molecular weight is 387 g/mol. The normalized spacial score (nSPS) is 13.8. The predicted molar refractivity (Wildman–Crippen MR) is 115 cm³/mol. The quantitative estimate of drug-likeness (QED) is 0.696. The van der Waals surface area contributed by atoms with Crippen LogP contribution in [0.3, 0.4) is 0 Å². The number of likely N-dealkylation sites (tertiary alicyclic amines) is 1. The molecule has 0 radical (unpaired) electrons. The second kappa shape index (κ2) is 8.03. The highest BCUT2D eigenvalue weighted by Crippen LogP contribution is 2.24. The number of anilines is 1. The number of nitrogens with one attached hydrogen (secondary N) is 1. The molecule has 1 aliphatic heterocycles. The molecule has 1 N–H and O–H groups in total. The summed E-state index contributed by atoms with van der Waals surface area (Å²) in [6.07, 6.45) is 2.14. The van der Waals surface area contributed by atoms with Crippen LogP contribution in [-0.2, 0) is 0 Å². The van der Waals surface area contributed by atoms with Crippen molar-refractivity contribution in [1.29, 1.82) is 0 Å². The molecule has 0 spiro atoms. The van der Waals surface area contributed by atoms with Gasteiger partial charge in [-0.05, 0) is 55.2 Å². The van der Waals surface area contributed by atoms with Gasteiger partial charge in [-0.1, -0.05) is 32.0 Å². The molecule has 4 rings (SSSR count). The molecule has 3 aromatic rings. The summed E-state index contributed by atoms with van der Waals surface area (Å²) in [4.78, 5) is 32.0. The number of carbonyl (C=O) groups is 2. The Balaban J connectivity index is 1.57. The number of nitrogens with zero attached hydrogens (tertiary/aromatic N) is 2. The van der Waals surface area contributed by atoms with Gasteiger partial charge in [-0.2, -0.15) is 0 Å². The molecule has 1 aliphatic rings. The number of hydrogen-bond acceptors (Lipinski definition) is 3. The number of benzene rings is 2. The van der Waals surface area contributed by atoms with Gasteiger partial charge in [0.1, 0.15) is 0 Å². The van der Waals surface area contributed by atoms with Crippen LogP contribution in [0.4, 0.5) is 5.69 Å². The van der Waals surface area contributed by atoms with Crippen molar-refractivity contribution in [1.82, 2.24) is 9.88 Å². The fraction of sp³-hybridized carbons (Fsp3) is 0.292. The van der Waals surface area contributed by atoms with Gasteiger partial charge in [0.2, 0.25) is 0 Å². The SMILES string of the molecule is CC(C)c1cc(C(=O)Nc2ccc(C(=O)N3CCCC3)cc2)c2ccccc2n1. The summed E-state index contributed by atoms with van der Waals surface area (Å²) in [6.45, 7) is 5.78. The molecule has 0 unspecified atom stereocenters. The molecule has 2 aromatic carbocycles. The zero-order chi connectivity index (χ0) is 20.4. The molecule has 1 aromatic heterocycles. The summed E-state index contributed by atoms with van der Waals surface area (Å²) < 4.78 is 0. The highest BCUT2D eigenvalue weighted by Gasteiger charge is 2.19. The number of aromatic nitrogens is 1. The molecule has 1 fully saturated rings. The third kappa shape index (κ3) is 3.99. The van der Waals surface area contributed by atoms with Crippen LogP contribution >= 0.6 is 0 Å². The van der Waals surface area contributed by atoms with Gasteiger partial charge in [0, 0.05) is 35.4 Å². The summed E-state index contributed by atoms with van der Waals surface area (Å²) in [6, 6.07) is 16.7. The van der Waals surface area contributed by atoms with Gasteiger partial charge in [-0.3, -0.25) is 14.6 Å². The molecule has 0 saturated carbocycles. The molecule has 29 heavy (non-hydrogen) atoms. The van der Waals surface area contributed by atoms with E-state index in [2.05, 4.69) is 24.1 Å². The molecule has 0 bridgehead atoms. The predicted octanol–water partition coefficient (Wildman–Crippen LogP) is 4.85. The van der Waals surface area contributed by atoms with Gasteiger partial charge in [0.05, 0.1) is 11.1 Å². The van der Waals surface area contributed by atoms with E-state index in [1.54, 1.807) is 24.3 Å². The van der Waals surface area contributed by atoms with E-state index in [-0.39, 0.29) is 17.7 Å². The number of hydrogen-bond donors (Lipinski definition) is 1. The standard InChI is InChI=1S/C24H25N3O2/c1-16(2)22-15-20(19-7-3-4-8-21(19)26-22)23(28)25-18-11-9-17(10-12-18)24(29)27-13-5-6-14-27/h3-4,7-12,15-16H,5-6,13-14H2,1-2H3,(H,25,28). The van der Waals surface area contributed by atoms with Gasteiger partial charge in [0.15, 0.2) is 0 Å². The Bertz CT molecular complexity index is 1050. The highest BCUT2D eigenvalue weighted by molar-refractivity contribution is 6.12. The molecule has 0 aliphatic carbocycles. The second-order valence-corrected chi connectivity index (χ2v) is 7.80. The minimum absolute atomic E-state index is 0.0575. The van der Waals surface area contributed by atoms with E-state index in [1.807, 2.05) is 35.2 Å². The minimum Gasteiger partial charge on any atom is -0.339 e. The number of fused-ring (bicyclic) bond motifs is 1.